The minimum absolute atomic E-state index is 0.231. The second-order valence-corrected chi connectivity index (χ2v) is 10.6. The smallest absolute Gasteiger partial charge is 0.185 e. The number of benzene rings is 4. The predicted molar refractivity (Wildman–Crippen MR) is 154 cm³/mol. The molecule has 1 fully saturated rings. The molecule has 0 amide bonds. The minimum atomic E-state index is -1.64. The fraction of sp³-hybridized carbons (Fsp3) is 0.171. The van der Waals surface area contributed by atoms with Crippen LogP contribution in [0.2, 0.25) is 0 Å². The van der Waals surface area contributed by atoms with E-state index in [1.165, 1.54) is 12.1 Å². The van der Waals surface area contributed by atoms with Gasteiger partial charge in [-0.3, -0.25) is 14.4 Å². The number of nitrogens with zero attached hydrogens (tertiary/aromatic N) is 1. The molecule has 2 aliphatic heterocycles. The van der Waals surface area contributed by atoms with Crippen LogP contribution >= 0.6 is 0 Å². The van der Waals surface area contributed by atoms with Crippen LogP contribution in [0.1, 0.15) is 55.0 Å². The van der Waals surface area contributed by atoms with Gasteiger partial charge in [-0.2, -0.15) is 0 Å². The summed E-state index contributed by atoms with van der Waals surface area (Å²) in [7, 11) is 0. The fourth-order valence-corrected chi connectivity index (χ4v) is 7.09. The van der Waals surface area contributed by atoms with Gasteiger partial charge in [-0.25, -0.2) is 4.39 Å². The average molecular weight is 544 g/mol. The summed E-state index contributed by atoms with van der Waals surface area (Å²) >= 11 is 0. The summed E-state index contributed by atoms with van der Waals surface area (Å²) in [6.07, 6.45) is 3.55. The van der Waals surface area contributed by atoms with Crippen molar-refractivity contribution < 1.29 is 23.5 Å². The Morgan fingerprint density at radius 2 is 1.54 bits per heavy atom. The molecule has 5 nitrogen and oxygen atoms in total. The fourth-order valence-electron chi connectivity index (χ4n) is 7.09. The van der Waals surface area contributed by atoms with Crippen molar-refractivity contribution in [2.45, 2.75) is 24.9 Å². The number of Topliss-reactive ketones (excluding diaryl/α,β-unsaturated/α-hetero) is 3. The Bertz CT molecular complexity index is 1730. The predicted octanol–water partition coefficient (Wildman–Crippen LogP) is 6.54. The van der Waals surface area contributed by atoms with Crippen LogP contribution in [0.15, 0.2) is 103 Å². The molecule has 0 aromatic heterocycles. The number of fused-ring (bicyclic) bond motifs is 5. The van der Waals surface area contributed by atoms with E-state index >= 15 is 0 Å². The summed E-state index contributed by atoms with van der Waals surface area (Å²) < 4.78 is 20.4. The number of hydrogen-bond donors (Lipinski definition) is 0. The van der Waals surface area contributed by atoms with Crippen LogP contribution < -0.4 is 9.64 Å². The average Bonchev–Trinajstić information content (AvgIpc) is 3.43. The van der Waals surface area contributed by atoms with E-state index in [0.29, 0.717) is 45.9 Å². The third-order valence-electron chi connectivity index (χ3n) is 8.65. The van der Waals surface area contributed by atoms with Crippen LogP contribution in [0.4, 0.5) is 10.1 Å². The molecule has 2 heterocycles. The first-order chi connectivity index (χ1) is 20.0. The Labute approximate surface area is 236 Å². The van der Waals surface area contributed by atoms with E-state index < -0.39 is 29.2 Å². The number of rotatable bonds is 5. The molecule has 7 rings (SSSR count). The highest BCUT2D eigenvalue weighted by molar-refractivity contribution is 6.32. The topological polar surface area (TPSA) is 63.7 Å². The van der Waals surface area contributed by atoms with E-state index in [1.807, 2.05) is 42.2 Å². The van der Waals surface area contributed by atoms with Crippen LogP contribution in [-0.4, -0.2) is 36.0 Å². The van der Waals surface area contributed by atoms with Crippen molar-refractivity contribution in [3.63, 3.8) is 0 Å². The summed E-state index contributed by atoms with van der Waals surface area (Å²) in [5.41, 5.74) is 1.31. The molecule has 0 radical (unpaired) electrons. The lowest BCUT2D eigenvalue weighted by molar-refractivity contribution is 0.0664. The van der Waals surface area contributed by atoms with Crippen LogP contribution in [0.25, 0.3) is 6.08 Å². The molecule has 1 spiro atoms. The second-order valence-electron chi connectivity index (χ2n) is 10.6. The summed E-state index contributed by atoms with van der Waals surface area (Å²) in [5.74, 6) is -1.65. The zero-order chi connectivity index (χ0) is 28.3. The summed E-state index contributed by atoms with van der Waals surface area (Å²) in [6.45, 7) is 2.23. The Morgan fingerprint density at radius 3 is 2.24 bits per heavy atom. The van der Waals surface area contributed by atoms with Crippen molar-refractivity contribution in [1.82, 2.24) is 0 Å². The van der Waals surface area contributed by atoms with Gasteiger partial charge in [-0.1, -0.05) is 84.9 Å². The van der Waals surface area contributed by atoms with Crippen LogP contribution in [-0.2, 0) is 0 Å². The number of para-hydroxylation sites is 1. The van der Waals surface area contributed by atoms with Crippen LogP contribution in [0.3, 0.4) is 0 Å². The SMILES string of the molecule is CCOc1ccccc1[C@H]1[C@H](C(=O)c2ccccc2)N2c3ccc(F)cc3C=C[C@H]2C12C(=O)c1ccccc1C2=O. The highest BCUT2D eigenvalue weighted by Gasteiger charge is 2.71. The first-order valence-corrected chi connectivity index (χ1v) is 13.7. The van der Waals surface area contributed by atoms with E-state index in [9.17, 15) is 18.8 Å². The maximum atomic E-state index is 14.7. The van der Waals surface area contributed by atoms with Gasteiger partial charge in [0.05, 0.1) is 12.6 Å². The molecule has 41 heavy (non-hydrogen) atoms. The normalized spacial score (nSPS) is 21.5. The molecule has 0 unspecified atom stereocenters. The molecule has 1 saturated heterocycles. The lowest BCUT2D eigenvalue weighted by Gasteiger charge is -2.37. The van der Waals surface area contributed by atoms with Gasteiger partial charge in [0.1, 0.15) is 23.0 Å². The largest absolute Gasteiger partial charge is 0.494 e. The molecule has 1 aliphatic carbocycles. The second kappa shape index (κ2) is 9.37. The molecule has 3 aliphatic rings. The van der Waals surface area contributed by atoms with E-state index in [0.717, 1.165) is 0 Å². The van der Waals surface area contributed by atoms with Crippen molar-refractivity contribution >= 4 is 29.1 Å². The molecule has 4 aromatic carbocycles. The van der Waals surface area contributed by atoms with Gasteiger partial charge in [0.15, 0.2) is 17.3 Å². The van der Waals surface area contributed by atoms with E-state index in [2.05, 4.69) is 0 Å². The van der Waals surface area contributed by atoms with Crippen molar-refractivity contribution in [2.24, 2.45) is 5.41 Å². The first-order valence-electron chi connectivity index (χ1n) is 13.7. The number of carbonyl (C=O) groups is 3. The molecule has 202 valence electrons. The molecular weight excluding hydrogens is 517 g/mol. The maximum Gasteiger partial charge on any atom is 0.185 e. The zero-order valence-corrected chi connectivity index (χ0v) is 22.3. The number of ketones is 3. The molecule has 6 heteroatoms. The Kier molecular flexibility index (Phi) is 5.75. The van der Waals surface area contributed by atoms with Crippen molar-refractivity contribution in [2.75, 3.05) is 11.5 Å². The van der Waals surface area contributed by atoms with Gasteiger partial charge >= 0.3 is 0 Å². The number of anilines is 1. The van der Waals surface area contributed by atoms with Gasteiger partial charge in [0.2, 0.25) is 0 Å². The first kappa shape index (κ1) is 25.1. The minimum Gasteiger partial charge on any atom is -0.494 e. The quantitative estimate of drug-likeness (QED) is 0.211. The van der Waals surface area contributed by atoms with Crippen molar-refractivity contribution in [3.05, 3.63) is 137 Å². The maximum absolute atomic E-state index is 14.7. The Hall–Kier alpha value is -4.84. The summed E-state index contributed by atoms with van der Waals surface area (Å²) in [4.78, 5) is 46.0. The van der Waals surface area contributed by atoms with E-state index in [4.69, 9.17) is 4.74 Å². The Balaban J connectivity index is 1.57. The number of carbonyl (C=O) groups excluding carboxylic acids is 3. The molecule has 3 atom stereocenters. The third-order valence-corrected chi connectivity index (χ3v) is 8.65. The van der Waals surface area contributed by atoms with E-state index in [1.54, 1.807) is 66.7 Å². The molecule has 0 N–H and O–H groups in total. The van der Waals surface area contributed by atoms with Gasteiger partial charge in [0.25, 0.3) is 0 Å². The lowest BCUT2D eigenvalue weighted by atomic mass is 9.64. The number of hydrogen-bond acceptors (Lipinski definition) is 5. The monoisotopic (exact) mass is 543 g/mol. The highest BCUT2D eigenvalue weighted by Crippen LogP contribution is 2.62. The lowest BCUT2D eigenvalue weighted by Crippen LogP contribution is -2.48. The van der Waals surface area contributed by atoms with E-state index in [-0.39, 0.29) is 17.3 Å². The van der Waals surface area contributed by atoms with Gasteiger partial charge in [-0.05, 0) is 31.2 Å². The van der Waals surface area contributed by atoms with Gasteiger partial charge in [-0.15, -0.1) is 0 Å². The number of ether oxygens (including phenoxy) is 1. The van der Waals surface area contributed by atoms with Crippen molar-refractivity contribution in [1.29, 1.82) is 0 Å². The molecule has 4 aromatic rings. The highest BCUT2D eigenvalue weighted by atomic mass is 19.1. The number of halogens is 1. The van der Waals surface area contributed by atoms with Crippen LogP contribution in [0, 0.1) is 11.2 Å². The molecule has 0 saturated carbocycles. The standard InChI is InChI=1S/C35H26FNO4/c1-2-41-28-15-9-8-14-26(28)30-31(32(38)21-10-4-3-5-11-21)37-27-18-17-23(36)20-22(27)16-19-29(37)35(30)33(39)24-12-6-7-13-25(24)34(35)40/h3-20,29-31H,2H2,1H3/t29-,30-,31+/m0/s1. The van der Waals surface area contributed by atoms with Crippen molar-refractivity contribution in [3.8, 4) is 5.75 Å². The third kappa shape index (κ3) is 3.43. The van der Waals surface area contributed by atoms with Gasteiger partial charge in [0, 0.05) is 39.4 Å². The Morgan fingerprint density at radius 1 is 0.878 bits per heavy atom. The molecular formula is C35H26FNO4. The summed E-state index contributed by atoms with van der Waals surface area (Å²) in [5, 5.41) is 0. The zero-order valence-electron chi connectivity index (χ0n) is 22.3. The summed E-state index contributed by atoms with van der Waals surface area (Å²) in [6, 6.07) is 25.7. The van der Waals surface area contributed by atoms with Crippen LogP contribution in [0.5, 0.6) is 5.75 Å². The molecule has 0 bridgehead atoms. The van der Waals surface area contributed by atoms with Gasteiger partial charge < -0.3 is 9.64 Å².